The van der Waals surface area contributed by atoms with Crippen molar-refractivity contribution in [3.8, 4) is 5.75 Å². The van der Waals surface area contributed by atoms with Crippen LogP contribution in [0.25, 0.3) is 0 Å². The van der Waals surface area contributed by atoms with Crippen LogP contribution < -0.4 is 9.64 Å². The molecule has 2 aliphatic rings. The van der Waals surface area contributed by atoms with Gasteiger partial charge in [0, 0.05) is 43.5 Å². The number of alkyl halides is 6. The second kappa shape index (κ2) is 8.03. The number of rotatable bonds is 4. The largest absolute Gasteiger partial charge is 0.573 e. The SMILES string of the molecule is FC(F)(F)CN1CCN(c2cc(C3=NCc4ccc(OC(F)(F)F)cc43)ccn2)CC1. The lowest BCUT2D eigenvalue weighted by Gasteiger charge is -2.35. The van der Waals surface area contributed by atoms with Crippen LogP contribution in [0.4, 0.5) is 32.2 Å². The van der Waals surface area contributed by atoms with Crippen LogP contribution >= 0.6 is 0 Å². The number of ether oxygens (including phenoxy) is 1. The maximum absolute atomic E-state index is 12.6. The van der Waals surface area contributed by atoms with Crippen molar-refractivity contribution in [3.05, 3.63) is 53.2 Å². The Morgan fingerprint density at radius 3 is 2.35 bits per heavy atom. The van der Waals surface area contributed by atoms with Crippen molar-refractivity contribution in [3.63, 3.8) is 0 Å². The van der Waals surface area contributed by atoms with Gasteiger partial charge in [-0.05, 0) is 29.8 Å². The van der Waals surface area contributed by atoms with E-state index in [1.54, 1.807) is 24.4 Å². The molecule has 2 aromatic rings. The van der Waals surface area contributed by atoms with Crippen LogP contribution in [-0.4, -0.2) is 60.9 Å². The molecule has 2 aliphatic heterocycles. The zero-order valence-electron chi connectivity index (χ0n) is 16.2. The summed E-state index contributed by atoms with van der Waals surface area (Å²) in [5, 5.41) is 0. The molecule has 0 N–H and O–H groups in total. The zero-order valence-corrected chi connectivity index (χ0v) is 16.2. The highest BCUT2D eigenvalue weighted by atomic mass is 19.4. The molecule has 1 aromatic carbocycles. The minimum absolute atomic E-state index is 0.257. The van der Waals surface area contributed by atoms with Crippen molar-refractivity contribution in [1.82, 2.24) is 9.88 Å². The van der Waals surface area contributed by atoms with Crippen LogP contribution in [0.3, 0.4) is 0 Å². The van der Waals surface area contributed by atoms with Crippen molar-refractivity contribution < 1.29 is 31.1 Å². The molecular weight excluding hydrogens is 426 g/mol. The van der Waals surface area contributed by atoms with Gasteiger partial charge in [0.25, 0.3) is 0 Å². The number of halogens is 6. The molecule has 3 heterocycles. The Bertz CT molecular complexity index is 980. The van der Waals surface area contributed by atoms with E-state index in [-0.39, 0.29) is 18.8 Å². The summed E-state index contributed by atoms with van der Waals surface area (Å²) in [5.41, 5.74) is 2.53. The average Bonchev–Trinajstić information content (AvgIpc) is 3.09. The monoisotopic (exact) mass is 444 g/mol. The number of hydrogen-bond acceptors (Lipinski definition) is 5. The van der Waals surface area contributed by atoms with Gasteiger partial charge in [-0.15, -0.1) is 13.2 Å². The molecule has 1 fully saturated rings. The number of anilines is 1. The topological polar surface area (TPSA) is 41.0 Å². The first-order chi connectivity index (χ1) is 14.6. The molecule has 1 aromatic heterocycles. The summed E-state index contributed by atoms with van der Waals surface area (Å²) in [7, 11) is 0. The first-order valence-corrected chi connectivity index (χ1v) is 9.51. The molecule has 1 saturated heterocycles. The number of aromatic nitrogens is 1. The quantitative estimate of drug-likeness (QED) is 0.669. The Balaban J connectivity index is 1.50. The van der Waals surface area contributed by atoms with Gasteiger partial charge in [0.15, 0.2) is 0 Å². The lowest BCUT2D eigenvalue weighted by atomic mass is 10.0. The number of benzene rings is 1. The fraction of sp³-hybridized carbons (Fsp3) is 0.400. The fourth-order valence-corrected chi connectivity index (χ4v) is 3.73. The molecule has 0 bridgehead atoms. The standard InChI is InChI=1S/C20H18F6N4O/c21-19(22,23)12-29-5-7-30(8-6-29)17-9-13(3-4-27-17)18-16-10-15(31-20(24,25)26)2-1-14(16)11-28-18/h1-4,9-10H,5-8,11-12H2. The molecule has 0 atom stereocenters. The van der Waals surface area contributed by atoms with Crippen LogP contribution in [0, 0.1) is 0 Å². The second-order valence-electron chi connectivity index (χ2n) is 7.31. The highest BCUT2D eigenvalue weighted by Gasteiger charge is 2.33. The van der Waals surface area contributed by atoms with E-state index in [2.05, 4.69) is 14.7 Å². The van der Waals surface area contributed by atoms with E-state index in [4.69, 9.17) is 0 Å². The number of fused-ring (bicyclic) bond motifs is 1. The highest BCUT2D eigenvalue weighted by Crippen LogP contribution is 2.30. The summed E-state index contributed by atoms with van der Waals surface area (Å²) < 4.78 is 79.4. The summed E-state index contributed by atoms with van der Waals surface area (Å²) in [4.78, 5) is 12.0. The minimum atomic E-state index is -4.79. The van der Waals surface area contributed by atoms with Crippen molar-refractivity contribution in [1.29, 1.82) is 0 Å². The number of hydrogen-bond donors (Lipinski definition) is 0. The molecule has 0 radical (unpaired) electrons. The Hall–Kier alpha value is -2.82. The maximum Gasteiger partial charge on any atom is 0.573 e. The Morgan fingerprint density at radius 1 is 0.935 bits per heavy atom. The van der Waals surface area contributed by atoms with Crippen molar-refractivity contribution in [2.24, 2.45) is 4.99 Å². The number of pyridine rings is 1. The third-order valence-electron chi connectivity index (χ3n) is 5.10. The summed E-state index contributed by atoms with van der Waals surface area (Å²) >= 11 is 0. The molecule has 0 saturated carbocycles. The molecule has 0 aliphatic carbocycles. The van der Waals surface area contributed by atoms with Gasteiger partial charge in [0.05, 0.1) is 18.8 Å². The molecule has 0 unspecified atom stereocenters. The predicted octanol–water partition coefficient (Wildman–Crippen LogP) is 4.02. The molecule has 4 rings (SSSR count). The Labute approximate surface area is 174 Å². The van der Waals surface area contributed by atoms with E-state index in [0.717, 1.165) is 5.56 Å². The number of nitrogens with zero attached hydrogens (tertiary/aromatic N) is 4. The number of aliphatic imine (C=N–C) groups is 1. The molecule has 31 heavy (non-hydrogen) atoms. The van der Waals surface area contributed by atoms with Gasteiger partial charge < -0.3 is 9.64 Å². The van der Waals surface area contributed by atoms with Crippen LogP contribution in [0.15, 0.2) is 41.5 Å². The maximum atomic E-state index is 12.6. The van der Waals surface area contributed by atoms with Gasteiger partial charge in [-0.1, -0.05) is 6.07 Å². The van der Waals surface area contributed by atoms with E-state index in [9.17, 15) is 26.3 Å². The highest BCUT2D eigenvalue weighted by molar-refractivity contribution is 6.15. The van der Waals surface area contributed by atoms with Crippen LogP contribution in [0.2, 0.25) is 0 Å². The van der Waals surface area contributed by atoms with Gasteiger partial charge >= 0.3 is 12.5 Å². The van der Waals surface area contributed by atoms with Gasteiger partial charge in [-0.2, -0.15) is 13.2 Å². The molecule has 166 valence electrons. The minimum Gasteiger partial charge on any atom is -0.406 e. The van der Waals surface area contributed by atoms with E-state index < -0.39 is 19.1 Å². The summed E-state index contributed by atoms with van der Waals surface area (Å²) in [5.74, 6) is 0.263. The molecule has 11 heteroatoms. The molecule has 5 nitrogen and oxygen atoms in total. The van der Waals surface area contributed by atoms with E-state index in [1.807, 2.05) is 4.90 Å². The van der Waals surface area contributed by atoms with Crippen LogP contribution in [0.1, 0.15) is 16.7 Å². The van der Waals surface area contributed by atoms with E-state index >= 15 is 0 Å². The van der Waals surface area contributed by atoms with Gasteiger partial charge in [0.1, 0.15) is 11.6 Å². The molecule has 0 amide bonds. The summed E-state index contributed by atoms with van der Waals surface area (Å²) in [6, 6.07) is 7.57. The smallest absolute Gasteiger partial charge is 0.406 e. The first-order valence-electron chi connectivity index (χ1n) is 9.51. The third kappa shape index (κ3) is 5.27. The molecular formula is C20H18F6N4O. The van der Waals surface area contributed by atoms with Crippen LogP contribution in [0.5, 0.6) is 5.75 Å². The predicted molar refractivity (Wildman–Crippen MR) is 101 cm³/mol. The Kier molecular flexibility index (Phi) is 5.54. The average molecular weight is 444 g/mol. The van der Waals surface area contributed by atoms with E-state index in [1.165, 1.54) is 17.0 Å². The summed E-state index contributed by atoms with van der Waals surface area (Å²) in [6.45, 7) is 0.688. The van der Waals surface area contributed by atoms with Crippen molar-refractivity contribution in [2.75, 3.05) is 37.6 Å². The van der Waals surface area contributed by atoms with Crippen LogP contribution in [-0.2, 0) is 6.54 Å². The van der Waals surface area contributed by atoms with Gasteiger partial charge in [-0.3, -0.25) is 9.89 Å². The molecule has 0 spiro atoms. The second-order valence-corrected chi connectivity index (χ2v) is 7.31. The zero-order chi connectivity index (χ0) is 22.2. The lowest BCUT2D eigenvalue weighted by Crippen LogP contribution is -2.49. The van der Waals surface area contributed by atoms with Crippen molar-refractivity contribution >= 4 is 11.5 Å². The lowest BCUT2D eigenvalue weighted by molar-refractivity contribution is -0.274. The fourth-order valence-electron chi connectivity index (χ4n) is 3.73. The number of piperazine rings is 1. The van der Waals surface area contributed by atoms with Gasteiger partial charge in [-0.25, -0.2) is 4.98 Å². The third-order valence-corrected chi connectivity index (χ3v) is 5.10. The van der Waals surface area contributed by atoms with Crippen molar-refractivity contribution in [2.45, 2.75) is 19.1 Å². The summed E-state index contributed by atoms with van der Waals surface area (Å²) in [6.07, 6.45) is -7.46. The Morgan fingerprint density at radius 2 is 1.68 bits per heavy atom. The van der Waals surface area contributed by atoms with E-state index in [0.29, 0.717) is 42.3 Å². The normalized spacial score (nSPS) is 17.5. The van der Waals surface area contributed by atoms with Gasteiger partial charge in [0.2, 0.25) is 0 Å². The first kappa shape index (κ1) is 21.4.